The minimum atomic E-state index is -4.97. The topological polar surface area (TPSA) is 42.7 Å². The molecule has 4 rings (SSSR count). The second-order valence-electron chi connectivity index (χ2n) is 7.66. The monoisotopic (exact) mass is 540 g/mol. The summed E-state index contributed by atoms with van der Waals surface area (Å²) in [6.07, 6.45) is -9.93. The van der Waals surface area contributed by atoms with Gasteiger partial charge in [-0.15, -0.1) is 5.10 Å². The molecule has 4 nitrogen and oxygen atoms in total. The predicted molar refractivity (Wildman–Crippen MR) is 128 cm³/mol. The van der Waals surface area contributed by atoms with E-state index in [0.717, 1.165) is 0 Å². The Labute approximate surface area is 211 Å². The Hall–Kier alpha value is -3.44. The molecule has 0 radical (unpaired) electrons. The van der Waals surface area contributed by atoms with Gasteiger partial charge in [-0.2, -0.15) is 26.3 Å². The highest BCUT2D eigenvalue weighted by molar-refractivity contribution is 7.81. The van der Waals surface area contributed by atoms with E-state index in [1.807, 2.05) is 0 Å². The molecule has 0 atom stereocenters. The van der Waals surface area contributed by atoms with Crippen LogP contribution in [0.25, 0.3) is 11.3 Å². The number of anilines is 1. The van der Waals surface area contributed by atoms with Crippen molar-refractivity contribution in [3.05, 3.63) is 100 Å². The largest absolute Gasteiger partial charge is 0.416 e. The molecule has 0 saturated carbocycles. The van der Waals surface area contributed by atoms with Crippen molar-refractivity contribution in [2.45, 2.75) is 18.9 Å². The van der Waals surface area contributed by atoms with Crippen LogP contribution in [0.4, 0.5) is 32.0 Å². The zero-order valence-electron chi connectivity index (χ0n) is 18.0. The maximum atomic E-state index is 13.3. The zero-order valence-corrected chi connectivity index (χ0v) is 19.6. The van der Waals surface area contributed by atoms with Crippen LogP contribution >= 0.6 is 23.8 Å². The van der Waals surface area contributed by atoms with Crippen molar-refractivity contribution < 1.29 is 26.3 Å². The van der Waals surface area contributed by atoms with E-state index in [9.17, 15) is 26.3 Å². The summed E-state index contributed by atoms with van der Waals surface area (Å²) in [6.45, 7) is -0.418. The van der Waals surface area contributed by atoms with E-state index in [1.54, 1.807) is 54.6 Å². The fraction of sp³-hybridized carbons (Fsp3) is 0.125. The van der Waals surface area contributed by atoms with Gasteiger partial charge in [0.05, 0.1) is 34.1 Å². The van der Waals surface area contributed by atoms with Crippen molar-refractivity contribution in [1.29, 1.82) is 0 Å². The van der Waals surface area contributed by atoms with Gasteiger partial charge in [-0.25, -0.2) is 4.68 Å². The third kappa shape index (κ3) is 5.68. The molecular weight excluding hydrogens is 526 g/mol. The number of aromatic nitrogens is 3. The van der Waals surface area contributed by atoms with Crippen LogP contribution in [-0.2, 0) is 18.9 Å². The van der Waals surface area contributed by atoms with Crippen molar-refractivity contribution in [3.63, 3.8) is 0 Å². The number of halogens is 7. The summed E-state index contributed by atoms with van der Waals surface area (Å²) in [5.74, 6) is 0. The van der Waals surface area contributed by atoms with E-state index < -0.39 is 30.0 Å². The third-order valence-corrected chi connectivity index (χ3v) is 5.72. The first-order valence-electron chi connectivity index (χ1n) is 10.3. The van der Waals surface area contributed by atoms with Crippen LogP contribution in [0.5, 0.6) is 0 Å². The SMILES string of the molecule is FC(F)(F)c1cc(Cn2nnc(C(=S)Nc3ccccc3Cl)c2-c2ccccc2)cc(C(F)(F)F)c1. The lowest BCUT2D eigenvalue weighted by atomic mass is 10.0. The van der Waals surface area contributed by atoms with E-state index in [4.69, 9.17) is 23.8 Å². The first-order chi connectivity index (χ1) is 16.9. The number of nitrogens with one attached hydrogen (secondary N) is 1. The molecule has 0 spiro atoms. The number of hydrogen-bond donors (Lipinski definition) is 1. The van der Waals surface area contributed by atoms with Crippen molar-refractivity contribution in [2.75, 3.05) is 5.32 Å². The van der Waals surface area contributed by atoms with Crippen LogP contribution in [0, 0.1) is 0 Å². The van der Waals surface area contributed by atoms with E-state index >= 15 is 0 Å². The van der Waals surface area contributed by atoms with Crippen LogP contribution < -0.4 is 5.32 Å². The minimum Gasteiger partial charge on any atom is -0.343 e. The summed E-state index contributed by atoms with van der Waals surface area (Å²) >= 11 is 11.7. The molecule has 1 N–H and O–H groups in total. The van der Waals surface area contributed by atoms with Gasteiger partial charge in [-0.05, 0) is 35.9 Å². The van der Waals surface area contributed by atoms with E-state index in [2.05, 4.69) is 15.6 Å². The lowest BCUT2D eigenvalue weighted by Crippen LogP contribution is -2.14. The van der Waals surface area contributed by atoms with Gasteiger partial charge in [0.2, 0.25) is 0 Å². The zero-order chi connectivity index (χ0) is 26.1. The number of benzene rings is 3. The molecule has 4 aromatic rings. The summed E-state index contributed by atoms with van der Waals surface area (Å²) in [7, 11) is 0. The minimum absolute atomic E-state index is 0.0804. The highest BCUT2D eigenvalue weighted by Crippen LogP contribution is 2.37. The third-order valence-electron chi connectivity index (χ3n) is 5.10. The van der Waals surface area contributed by atoms with Gasteiger partial charge in [-0.3, -0.25) is 0 Å². The maximum absolute atomic E-state index is 13.3. The second kappa shape index (κ2) is 9.90. The fourth-order valence-corrected chi connectivity index (χ4v) is 3.92. The fourth-order valence-electron chi connectivity index (χ4n) is 3.49. The van der Waals surface area contributed by atoms with Crippen molar-refractivity contribution in [2.24, 2.45) is 0 Å². The van der Waals surface area contributed by atoms with E-state index in [-0.39, 0.29) is 22.3 Å². The molecule has 0 saturated heterocycles. The Bertz CT molecular complexity index is 1370. The number of alkyl halides is 6. The van der Waals surface area contributed by atoms with Gasteiger partial charge < -0.3 is 5.32 Å². The molecule has 1 aromatic heterocycles. The van der Waals surface area contributed by atoms with Gasteiger partial charge >= 0.3 is 12.4 Å². The maximum Gasteiger partial charge on any atom is 0.416 e. The number of thiocarbonyl (C=S) groups is 1. The standard InChI is InChI=1S/C24H15ClF6N4S/c25-18-8-4-5-9-19(18)32-22(36)20-21(15-6-2-1-3-7-15)35(34-33-20)13-14-10-16(23(26,27)28)12-17(11-14)24(29,30)31/h1-12H,13H2,(H,32,36). The molecule has 0 amide bonds. The van der Waals surface area contributed by atoms with Gasteiger partial charge in [-0.1, -0.05) is 71.5 Å². The second-order valence-corrected chi connectivity index (χ2v) is 8.47. The van der Waals surface area contributed by atoms with Crippen molar-refractivity contribution in [3.8, 4) is 11.3 Å². The average Bonchev–Trinajstić information content (AvgIpc) is 3.23. The number of para-hydroxylation sites is 1. The van der Waals surface area contributed by atoms with Crippen LogP contribution in [0.1, 0.15) is 22.4 Å². The summed E-state index contributed by atoms with van der Waals surface area (Å²) in [5.41, 5.74) is -1.54. The van der Waals surface area contributed by atoms with Crippen LogP contribution in [0.15, 0.2) is 72.8 Å². The molecule has 0 aliphatic heterocycles. The Balaban J connectivity index is 1.78. The Morgan fingerprint density at radius 3 is 2.03 bits per heavy atom. The summed E-state index contributed by atoms with van der Waals surface area (Å²) in [6, 6.07) is 16.8. The number of hydrogen-bond acceptors (Lipinski definition) is 3. The van der Waals surface area contributed by atoms with E-state index in [0.29, 0.717) is 34.1 Å². The molecule has 0 unspecified atom stereocenters. The highest BCUT2D eigenvalue weighted by Gasteiger charge is 2.37. The Morgan fingerprint density at radius 1 is 0.861 bits per heavy atom. The van der Waals surface area contributed by atoms with Gasteiger partial charge in [0.15, 0.2) is 0 Å². The van der Waals surface area contributed by atoms with Gasteiger partial charge in [0.25, 0.3) is 0 Å². The first-order valence-corrected chi connectivity index (χ1v) is 11.1. The lowest BCUT2D eigenvalue weighted by molar-refractivity contribution is -0.143. The lowest BCUT2D eigenvalue weighted by Gasteiger charge is -2.15. The molecular formula is C24H15ClF6N4S. The smallest absolute Gasteiger partial charge is 0.343 e. The normalized spacial score (nSPS) is 12.0. The van der Waals surface area contributed by atoms with Crippen LogP contribution in [0.2, 0.25) is 5.02 Å². The predicted octanol–water partition coefficient (Wildman–Crippen LogP) is 7.47. The Morgan fingerprint density at radius 2 is 1.44 bits per heavy atom. The summed E-state index contributed by atoms with van der Waals surface area (Å²) < 4.78 is 81.2. The molecule has 36 heavy (non-hydrogen) atoms. The number of rotatable bonds is 5. The molecule has 0 aliphatic rings. The first kappa shape index (κ1) is 25.6. The molecule has 186 valence electrons. The Kier molecular flexibility index (Phi) is 7.05. The van der Waals surface area contributed by atoms with Crippen molar-refractivity contribution in [1.82, 2.24) is 15.0 Å². The molecule has 3 aromatic carbocycles. The van der Waals surface area contributed by atoms with Gasteiger partial charge in [0, 0.05) is 5.56 Å². The van der Waals surface area contributed by atoms with Crippen LogP contribution in [-0.4, -0.2) is 20.0 Å². The molecule has 0 aliphatic carbocycles. The van der Waals surface area contributed by atoms with Crippen LogP contribution in [0.3, 0.4) is 0 Å². The molecule has 0 fully saturated rings. The van der Waals surface area contributed by atoms with Gasteiger partial charge in [0.1, 0.15) is 10.7 Å². The quantitative estimate of drug-likeness (QED) is 0.211. The number of nitrogens with zero attached hydrogens (tertiary/aromatic N) is 3. The highest BCUT2D eigenvalue weighted by atomic mass is 35.5. The molecule has 1 heterocycles. The average molecular weight is 541 g/mol. The summed E-state index contributed by atoms with van der Waals surface area (Å²) in [4.78, 5) is 0.119. The molecule has 12 heteroatoms. The molecule has 0 bridgehead atoms. The van der Waals surface area contributed by atoms with Crippen molar-refractivity contribution >= 4 is 34.5 Å². The summed E-state index contributed by atoms with van der Waals surface area (Å²) in [5, 5.41) is 11.4. The van der Waals surface area contributed by atoms with E-state index in [1.165, 1.54) is 4.68 Å².